The predicted molar refractivity (Wildman–Crippen MR) is 211 cm³/mol. The van der Waals surface area contributed by atoms with Gasteiger partial charge in [0.15, 0.2) is 0 Å². The Morgan fingerprint density at radius 3 is 0.922 bits per heavy atom. The maximum Gasteiger partial charge on any atom is 0.129 e. The minimum absolute atomic E-state index is 0. The van der Waals surface area contributed by atoms with Crippen LogP contribution in [0.15, 0.2) is 182 Å². The van der Waals surface area contributed by atoms with Gasteiger partial charge in [0, 0.05) is 22.5 Å². The normalized spacial score (nSPS) is 10.4. The summed E-state index contributed by atoms with van der Waals surface area (Å²) < 4.78 is 12.1. The fourth-order valence-corrected chi connectivity index (χ4v) is 5.41. The molecule has 0 bridgehead atoms. The smallest absolute Gasteiger partial charge is 0.129 e. The highest BCUT2D eigenvalue weighted by molar-refractivity contribution is 6.07. The lowest BCUT2D eigenvalue weighted by molar-refractivity contribution is 0.469. The Balaban J connectivity index is 0.00000448. The second-order valence-corrected chi connectivity index (χ2v) is 11.6. The molecule has 0 heterocycles. The molecule has 7 aromatic rings. The van der Waals surface area contributed by atoms with Gasteiger partial charge in [-0.15, -0.1) is 12.4 Å². The Hall–Kier alpha value is -6.63. The predicted octanol–water partition coefficient (Wildman–Crippen LogP) is 11.9. The molecule has 0 unspecified atom stereocenters. The van der Waals surface area contributed by atoms with E-state index in [4.69, 9.17) is 20.3 Å². The van der Waals surface area contributed by atoms with Gasteiger partial charge in [0.05, 0.1) is 0 Å². The first kappa shape index (κ1) is 34.2. The van der Waals surface area contributed by atoms with E-state index < -0.39 is 0 Å². The van der Waals surface area contributed by atoms with Crippen molar-refractivity contribution >= 4 is 35.5 Å². The third kappa shape index (κ3) is 8.89. The van der Waals surface area contributed by atoms with E-state index >= 15 is 0 Å². The van der Waals surface area contributed by atoms with E-state index in [-0.39, 0.29) is 12.4 Å². The molecule has 0 radical (unpaired) electrons. The molecule has 7 rings (SSSR count). The maximum absolute atomic E-state index is 8.51. The van der Waals surface area contributed by atoms with Crippen LogP contribution in [-0.4, -0.2) is 11.7 Å². The molecule has 0 amide bonds. The molecule has 0 spiro atoms. The molecule has 0 aliphatic carbocycles. The number of hydrogen-bond donors (Lipinski definition) is 4. The van der Waals surface area contributed by atoms with E-state index in [0.29, 0.717) is 34.7 Å². The van der Waals surface area contributed by atoms with Crippen molar-refractivity contribution in [2.45, 2.75) is 0 Å². The monoisotopic (exact) mass is 686 g/mol. The van der Waals surface area contributed by atoms with Gasteiger partial charge < -0.3 is 20.1 Å². The van der Waals surface area contributed by atoms with Crippen LogP contribution >= 0.6 is 12.4 Å². The summed E-state index contributed by atoms with van der Waals surface area (Å²) in [4.78, 5) is 0. The highest BCUT2D eigenvalue weighted by Gasteiger charge is 2.07. The minimum Gasteiger partial charge on any atom is -0.457 e. The summed E-state index contributed by atoms with van der Waals surface area (Å²) in [5, 5.41) is 23.3. The van der Waals surface area contributed by atoms with Crippen molar-refractivity contribution in [3.8, 4) is 45.3 Å². The van der Waals surface area contributed by atoms with Gasteiger partial charge in [-0.05, 0) is 95.1 Å². The molecule has 0 atom stereocenters. The highest BCUT2D eigenvalue weighted by Crippen LogP contribution is 2.29. The molecule has 0 aliphatic heterocycles. The number of ether oxygens (including phenoxy) is 2. The van der Waals surface area contributed by atoms with Crippen molar-refractivity contribution in [1.29, 1.82) is 10.8 Å². The van der Waals surface area contributed by atoms with Crippen LogP contribution in [0.4, 0.5) is 11.4 Å². The quantitative estimate of drug-likeness (QED) is 0.0851. The zero-order valence-electron chi connectivity index (χ0n) is 27.5. The summed E-state index contributed by atoms with van der Waals surface area (Å²) in [5.41, 5.74) is 7.74. The summed E-state index contributed by atoms with van der Waals surface area (Å²) in [7, 11) is 0. The fourth-order valence-electron chi connectivity index (χ4n) is 5.41. The van der Waals surface area contributed by atoms with E-state index in [1.165, 1.54) is 0 Å². The van der Waals surface area contributed by atoms with Gasteiger partial charge in [-0.25, -0.2) is 0 Å². The number of hydrogen-bond acceptors (Lipinski definition) is 4. The van der Waals surface area contributed by atoms with E-state index in [9.17, 15) is 0 Å². The van der Waals surface area contributed by atoms with E-state index in [1.807, 2.05) is 158 Å². The van der Waals surface area contributed by atoms with Crippen molar-refractivity contribution < 1.29 is 9.47 Å². The largest absolute Gasteiger partial charge is 0.457 e. The second-order valence-electron chi connectivity index (χ2n) is 11.6. The summed E-state index contributed by atoms with van der Waals surface area (Å²) in [6, 6.07) is 58.8. The van der Waals surface area contributed by atoms with Crippen LogP contribution in [0.1, 0.15) is 11.1 Å². The lowest BCUT2D eigenvalue weighted by Crippen LogP contribution is -2.11. The molecule has 4 N–H and O–H groups in total. The minimum atomic E-state index is 0. The van der Waals surface area contributed by atoms with Gasteiger partial charge >= 0.3 is 0 Å². The maximum atomic E-state index is 8.51. The van der Waals surface area contributed by atoms with Crippen LogP contribution in [-0.2, 0) is 0 Å². The zero-order valence-corrected chi connectivity index (χ0v) is 28.4. The Kier molecular flexibility index (Phi) is 10.9. The molecule has 7 aromatic carbocycles. The molecule has 0 fully saturated rings. The lowest BCUT2D eigenvalue weighted by Gasteiger charge is -2.12. The molecule has 250 valence electrons. The third-order valence-corrected chi connectivity index (χ3v) is 8.10. The van der Waals surface area contributed by atoms with Gasteiger partial charge in [-0.1, -0.05) is 109 Å². The second kappa shape index (κ2) is 16.2. The van der Waals surface area contributed by atoms with Gasteiger partial charge in [-0.3, -0.25) is 10.8 Å². The van der Waals surface area contributed by atoms with Gasteiger partial charge in [0.25, 0.3) is 0 Å². The van der Waals surface area contributed by atoms with Gasteiger partial charge in [0.1, 0.15) is 34.7 Å². The average Bonchev–Trinajstić information content (AvgIpc) is 3.18. The molecule has 7 heteroatoms. The van der Waals surface area contributed by atoms with Crippen molar-refractivity contribution in [3.05, 3.63) is 193 Å². The Morgan fingerprint density at radius 1 is 0.333 bits per heavy atom. The van der Waals surface area contributed by atoms with Crippen LogP contribution in [0.3, 0.4) is 0 Å². The number of anilines is 2. The molecule has 6 nitrogen and oxygen atoms in total. The summed E-state index contributed by atoms with van der Waals surface area (Å²) in [6.07, 6.45) is 0. The van der Waals surface area contributed by atoms with E-state index in [1.54, 1.807) is 0 Å². The standard InChI is InChI=1S/C44H34N4O2.ClH/c45-43(35-15-11-33(12-16-35)31-7-3-1-4-8-31)47-37-19-23-39(24-20-37)49-41-27-29-42(30-28-41)50-40-25-21-38(22-26-40)48-44(46)36-17-13-34(14-18-36)32-9-5-2-6-10-32;/h1-30H,(H2,45,47)(H2,46,48);1H. The first-order chi connectivity index (χ1) is 24.6. The Labute approximate surface area is 303 Å². The number of rotatable bonds is 10. The van der Waals surface area contributed by atoms with E-state index in [2.05, 4.69) is 34.9 Å². The number of amidine groups is 2. The Bertz CT molecular complexity index is 2030. The molecule has 0 aliphatic rings. The molecule has 0 saturated heterocycles. The summed E-state index contributed by atoms with van der Waals surface area (Å²) in [6.45, 7) is 0. The van der Waals surface area contributed by atoms with Crippen molar-refractivity contribution in [2.24, 2.45) is 0 Å². The van der Waals surface area contributed by atoms with E-state index in [0.717, 1.165) is 44.8 Å². The zero-order chi connectivity index (χ0) is 34.1. The van der Waals surface area contributed by atoms with Crippen LogP contribution in [0.5, 0.6) is 23.0 Å². The van der Waals surface area contributed by atoms with Crippen LogP contribution < -0.4 is 20.1 Å². The first-order valence-corrected chi connectivity index (χ1v) is 16.2. The van der Waals surface area contributed by atoms with Crippen molar-refractivity contribution in [2.75, 3.05) is 10.6 Å². The molecule has 0 aromatic heterocycles. The topological polar surface area (TPSA) is 90.2 Å². The van der Waals surface area contributed by atoms with Crippen LogP contribution in [0.25, 0.3) is 22.3 Å². The SMILES string of the molecule is Cl.N=C(Nc1ccc(Oc2ccc(Oc3ccc(NC(=N)c4ccc(-c5ccccc5)cc4)cc3)cc2)cc1)c1ccc(-c2ccccc2)cc1. The highest BCUT2D eigenvalue weighted by atomic mass is 35.5. The van der Waals surface area contributed by atoms with Crippen LogP contribution in [0.2, 0.25) is 0 Å². The summed E-state index contributed by atoms with van der Waals surface area (Å²) in [5.74, 6) is 3.37. The number of halogens is 1. The van der Waals surface area contributed by atoms with Crippen molar-refractivity contribution in [1.82, 2.24) is 0 Å². The van der Waals surface area contributed by atoms with Gasteiger partial charge in [0.2, 0.25) is 0 Å². The molecule has 51 heavy (non-hydrogen) atoms. The lowest BCUT2D eigenvalue weighted by atomic mass is 10.0. The number of nitrogens with one attached hydrogen (secondary N) is 4. The van der Waals surface area contributed by atoms with Gasteiger partial charge in [-0.2, -0.15) is 0 Å². The molecular formula is C44H35ClN4O2. The molecular weight excluding hydrogens is 652 g/mol. The Morgan fingerprint density at radius 2 is 0.608 bits per heavy atom. The fraction of sp³-hybridized carbons (Fsp3) is 0. The number of benzene rings is 7. The molecule has 0 saturated carbocycles. The van der Waals surface area contributed by atoms with Crippen molar-refractivity contribution in [3.63, 3.8) is 0 Å². The van der Waals surface area contributed by atoms with Crippen LogP contribution in [0, 0.1) is 10.8 Å². The first-order valence-electron chi connectivity index (χ1n) is 16.2. The third-order valence-electron chi connectivity index (χ3n) is 8.10. The summed E-state index contributed by atoms with van der Waals surface area (Å²) >= 11 is 0. The average molecular weight is 687 g/mol.